The van der Waals surface area contributed by atoms with Crippen molar-refractivity contribution >= 4 is 34.4 Å². The molecule has 0 bridgehead atoms. The maximum absolute atomic E-state index is 13.6. The highest BCUT2D eigenvalue weighted by atomic mass is 16.2. The van der Waals surface area contributed by atoms with E-state index < -0.39 is 12.1 Å². The SMILES string of the molecule is CCC(=O)C(CC1CCNC1=O)NC(=O)C1C2C(CN1C(=O)c1cc3ccccc3[nH]1)C2(C)C. The van der Waals surface area contributed by atoms with Gasteiger partial charge in [0.1, 0.15) is 11.7 Å². The second-order valence-electron chi connectivity index (χ2n) is 10.5. The molecule has 0 spiro atoms. The second-order valence-corrected chi connectivity index (χ2v) is 10.5. The standard InChI is InChI=1S/C26H32N4O4/c1-4-20(31)18(12-15-9-10-27-23(15)32)29-24(33)22-21-16(26(21,2)3)13-30(22)25(34)19-11-14-7-5-6-8-17(14)28-19/h5-8,11,15-16,18,21-22,28H,4,9-10,12-13H2,1-3H3,(H,27,32)(H,29,33). The van der Waals surface area contributed by atoms with Crippen LogP contribution in [0.5, 0.6) is 0 Å². The molecule has 1 aromatic carbocycles. The molecule has 2 aliphatic heterocycles. The fraction of sp³-hybridized carbons (Fsp3) is 0.538. The predicted octanol–water partition coefficient (Wildman–Crippen LogP) is 2.25. The van der Waals surface area contributed by atoms with Crippen LogP contribution in [0.2, 0.25) is 0 Å². The Bertz CT molecular complexity index is 1140. The summed E-state index contributed by atoms with van der Waals surface area (Å²) >= 11 is 0. The number of hydrogen-bond acceptors (Lipinski definition) is 4. The number of nitrogens with one attached hydrogen (secondary N) is 3. The molecule has 3 heterocycles. The summed E-state index contributed by atoms with van der Waals surface area (Å²) in [4.78, 5) is 56.7. The van der Waals surface area contributed by atoms with Crippen LogP contribution >= 0.6 is 0 Å². The van der Waals surface area contributed by atoms with Crippen LogP contribution in [-0.2, 0) is 14.4 Å². The van der Waals surface area contributed by atoms with E-state index in [1.165, 1.54) is 0 Å². The molecule has 3 fully saturated rings. The van der Waals surface area contributed by atoms with Crippen molar-refractivity contribution in [1.82, 2.24) is 20.5 Å². The Kier molecular flexibility index (Phi) is 5.49. The maximum Gasteiger partial charge on any atom is 0.271 e. The van der Waals surface area contributed by atoms with E-state index in [1.54, 1.807) is 11.8 Å². The van der Waals surface area contributed by atoms with Gasteiger partial charge in [-0.1, -0.05) is 39.0 Å². The Balaban J connectivity index is 1.38. The number of H-pyrrole nitrogens is 1. The molecule has 3 aliphatic rings. The summed E-state index contributed by atoms with van der Waals surface area (Å²) in [6.07, 6.45) is 1.23. The minimum Gasteiger partial charge on any atom is -0.356 e. The summed E-state index contributed by atoms with van der Waals surface area (Å²) in [5, 5.41) is 6.68. The first kappa shape index (κ1) is 22.6. The Morgan fingerprint density at radius 3 is 2.68 bits per heavy atom. The van der Waals surface area contributed by atoms with Crippen molar-refractivity contribution in [3.8, 4) is 0 Å². The molecule has 1 saturated carbocycles. The number of amides is 3. The Labute approximate surface area is 198 Å². The summed E-state index contributed by atoms with van der Waals surface area (Å²) in [6, 6.07) is 8.15. The van der Waals surface area contributed by atoms with Crippen LogP contribution in [0.15, 0.2) is 30.3 Å². The van der Waals surface area contributed by atoms with E-state index in [0.29, 0.717) is 31.6 Å². The summed E-state index contributed by atoms with van der Waals surface area (Å²) in [7, 11) is 0. The van der Waals surface area contributed by atoms with Crippen LogP contribution in [0.25, 0.3) is 10.9 Å². The van der Waals surface area contributed by atoms with E-state index >= 15 is 0 Å². The predicted molar refractivity (Wildman–Crippen MR) is 127 cm³/mol. The lowest BCUT2D eigenvalue weighted by Gasteiger charge is -2.31. The van der Waals surface area contributed by atoms with Crippen LogP contribution in [0.4, 0.5) is 0 Å². The van der Waals surface area contributed by atoms with E-state index in [1.807, 2.05) is 30.3 Å². The molecule has 1 aliphatic carbocycles. The van der Waals surface area contributed by atoms with Crippen LogP contribution in [0, 0.1) is 23.2 Å². The average molecular weight is 465 g/mol. The average Bonchev–Trinajstić information content (AvgIpc) is 3.33. The van der Waals surface area contributed by atoms with Gasteiger partial charge in [0.25, 0.3) is 5.91 Å². The number of fused-ring (bicyclic) bond motifs is 2. The van der Waals surface area contributed by atoms with E-state index in [9.17, 15) is 19.2 Å². The minimum atomic E-state index is -0.725. The van der Waals surface area contributed by atoms with E-state index in [0.717, 1.165) is 10.9 Å². The molecule has 8 heteroatoms. The van der Waals surface area contributed by atoms with Gasteiger partial charge in [-0.3, -0.25) is 19.2 Å². The van der Waals surface area contributed by atoms with E-state index in [4.69, 9.17) is 0 Å². The number of Topliss-reactive ketones (excluding diaryl/α,β-unsaturated/α-hetero) is 1. The molecule has 3 N–H and O–H groups in total. The first-order valence-corrected chi connectivity index (χ1v) is 12.2. The second kappa shape index (κ2) is 8.25. The molecule has 2 saturated heterocycles. The summed E-state index contributed by atoms with van der Waals surface area (Å²) in [5.74, 6) is -0.640. The largest absolute Gasteiger partial charge is 0.356 e. The number of carbonyl (C=O) groups is 4. The number of piperidine rings is 1. The molecular formula is C26H32N4O4. The van der Waals surface area contributed by atoms with Gasteiger partial charge < -0.3 is 20.5 Å². The topological polar surface area (TPSA) is 111 Å². The van der Waals surface area contributed by atoms with Gasteiger partial charge in [-0.15, -0.1) is 0 Å². The lowest BCUT2D eigenvalue weighted by atomic mass is 9.94. The summed E-state index contributed by atoms with van der Waals surface area (Å²) in [6.45, 7) is 7.13. The number of aromatic nitrogens is 1. The molecular weight excluding hydrogens is 432 g/mol. The molecule has 3 amide bonds. The molecule has 5 rings (SSSR count). The zero-order valence-corrected chi connectivity index (χ0v) is 19.9. The third-order valence-electron chi connectivity index (χ3n) is 8.24. The van der Waals surface area contributed by atoms with Crippen molar-refractivity contribution in [1.29, 1.82) is 0 Å². The first-order valence-electron chi connectivity index (χ1n) is 12.2. The quantitative estimate of drug-likeness (QED) is 0.584. The van der Waals surface area contributed by atoms with Crippen molar-refractivity contribution in [3.63, 3.8) is 0 Å². The first-order chi connectivity index (χ1) is 16.2. The van der Waals surface area contributed by atoms with Gasteiger partial charge in [0.05, 0.1) is 6.04 Å². The van der Waals surface area contributed by atoms with Crippen LogP contribution in [-0.4, -0.2) is 58.6 Å². The maximum atomic E-state index is 13.6. The number of benzene rings is 1. The molecule has 180 valence electrons. The molecule has 2 aromatic rings. The normalized spacial score (nSPS) is 27.9. The van der Waals surface area contributed by atoms with Crippen molar-refractivity contribution in [2.45, 2.75) is 52.1 Å². The number of likely N-dealkylation sites (tertiary alicyclic amines) is 1. The van der Waals surface area contributed by atoms with Crippen molar-refractivity contribution in [3.05, 3.63) is 36.0 Å². The number of aromatic amines is 1. The number of ketones is 1. The fourth-order valence-corrected chi connectivity index (χ4v) is 6.07. The van der Waals surface area contributed by atoms with Crippen LogP contribution in [0.1, 0.15) is 50.5 Å². The Morgan fingerprint density at radius 1 is 1.24 bits per heavy atom. The van der Waals surface area contributed by atoms with Gasteiger partial charge in [0, 0.05) is 36.3 Å². The van der Waals surface area contributed by atoms with Crippen LogP contribution < -0.4 is 10.6 Å². The number of nitrogens with zero attached hydrogens (tertiary/aromatic N) is 1. The van der Waals surface area contributed by atoms with Gasteiger partial charge in [0.15, 0.2) is 5.78 Å². The highest BCUT2D eigenvalue weighted by Gasteiger charge is 2.69. The van der Waals surface area contributed by atoms with Crippen molar-refractivity contribution < 1.29 is 19.2 Å². The van der Waals surface area contributed by atoms with E-state index in [2.05, 4.69) is 29.5 Å². The van der Waals surface area contributed by atoms with Gasteiger partial charge in [-0.05, 0) is 42.2 Å². The van der Waals surface area contributed by atoms with E-state index in [-0.39, 0.29) is 53.1 Å². The third-order valence-corrected chi connectivity index (χ3v) is 8.24. The lowest BCUT2D eigenvalue weighted by Crippen LogP contribution is -2.54. The van der Waals surface area contributed by atoms with Gasteiger partial charge in [-0.2, -0.15) is 0 Å². The zero-order valence-electron chi connectivity index (χ0n) is 19.9. The Morgan fingerprint density at radius 2 is 2.00 bits per heavy atom. The minimum absolute atomic E-state index is 0.0329. The number of hydrogen-bond donors (Lipinski definition) is 3. The Hall–Kier alpha value is -3.16. The fourth-order valence-electron chi connectivity index (χ4n) is 6.07. The molecule has 1 aromatic heterocycles. The summed E-state index contributed by atoms with van der Waals surface area (Å²) < 4.78 is 0. The van der Waals surface area contributed by atoms with Crippen molar-refractivity contribution in [2.75, 3.05) is 13.1 Å². The number of para-hydroxylation sites is 1. The molecule has 8 nitrogen and oxygen atoms in total. The smallest absolute Gasteiger partial charge is 0.271 e. The summed E-state index contributed by atoms with van der Waals surface area (Å²) in [5.41, 5.74) is 1.30. The van der Waals surface area contributed by atoms with Gasteiger partial charge >= 0.3 is 0 Å². The number of carbonyl (C=O) groups excluding carboxylic acids is 4. The number of rotatable bonds is 7. The van der Waals surface area contributed by atoms with Gasteiger partial charge in [0.2, 0.25) is 11.8 Å². The molecule has 5 atom stereocenters. The molecule has 34 heavy (non-hydrogen) atoms. The van der Waals surface area contributed by atoms with Gasteiger partial charge in [-0.25, -0.2) is 0 Å². The highest BCUT2D eigenvalue weighted by Crippen LogP contribution is 2.65. The monoisotopic (exact) mass is 464 g/mol. The molecule has 0 radical (unpaired) electrons. The highest BCUT2D eigenvalue weighted by molar-refractivity contribution is 6.01. The van der Waals surface area contributed by atoms with Crippen LogP contribution in [0.3, 0.4) is 0 Å². The molecule has 5 unspecified atom stereocenters. The third kappa shape index (κ3) is 3.69. The lowest BCUT2D eigenvalue weighted by molar-refractivity contribution is -0.132. The van der Waals surface area contributed by atoms with Crippen molar-refractivity contribution in [2.24, 2.45) is 23.2 Å². The zero-order chi connectivity index (χ0) is 24.2.